The van der Waals surface area contributed by atoms with Crippen LogP contribution in [0.5, 0.6) is 5.75 Å². The van der Waals surface area contributed by atoms with Crippen molar-refractivity contribution >= 4 is 27.5 Å². The number of sulfonamides is 1. The molecule has 1 aliphatic carbocycles. The SMILES string of the molecule is COc1ccccc1N(CC(=O)N(Cc1cccc(C)c1)C(C)C(=O)NC1CCCC1)S(C)(=O)=O. The Morgan fingerprint density at radius 2 is 1.80 bits per heavy atom. The maximum absolute atomic E-state index is 13.6. The number of para-hydroxylation sites is 2. The lowest BCUT2D eigenvalue weighted by Crippen LogP contribution is -2.52. The van der Waals surface area contributed by atoms with Gasteiger partial charge >= 0.3 is 0 Å². The van der Waals surface area contributed by atoms with E-state index in [9.17, 15) is 18.0 Å². The van der Waals surface area contributed by atoms with E-state index in [4.69, 9.17) is 4.74 Å². The molecule has 9 heteroatoms. The largest absolute Gasteiger partial charge is 0.495 e. The van der Waals surface area contributed by atoms with E-state index in [2.05, 4.69) is 5.32 Å². The van der Waals surface area contributed by atoms with Crippen LogP contribution < -0.4 is 14.4 Å². The lowest BCUT2D eigenvalue weighted by molar-refractivity contribution is -0.139. The molecule has 35 heavy (non-hydrogen) atoms. The second-order valence-corrected chi connectivity index (χ2v) is 11.0. The van der Waals surface area contributed by atoms with Gasteiger partial charge in [-0.05, 0) is 44.4 Å². The highest BCUT2D eigenvalue weighted by Gasteiger charge is 2.32. The van der Waals surface area contributed by atoms with Crippen molar-refractivity contribution in [3.05, 3.63) is 59.7 Å². The van der Waals surface area contributed by atoms with Crippen LogP contribution in [0.1, 0.15) is 43.7 Å². The minimum atomic E-state index is -3.82. The van der Waals surface area contributed by atoms with Crippen molar-refractivity contribution in [3.63, 3.8) is 0 Å². The average molecular weight is 502 g/mol. The average Bonchev–Trinajstić information content (AvgIpc) is 3.32. The summed E-state index contributed by atoms with van der Waals surface area (Å²) in [5.41, 5.74) is 2.16. The lowest BCUT2D eigenvalue weighted by atomic mass is 10.1. The number of methoxy groups -OCH3 is 1. The van der Waals surface area contributed by atoms with Gasteiger partial charge in [0.1, 0.15) is 18.3 Å². The van der Waals surface area contributed by atoms with Gasteiger partial charge in [0.05, 0.1) is 19.1 Å². The van der Waals surface area contributed by atoms with E-state index in [1.54, 1.807) is 31.2 Å². The van der Waals surface area contributed by atoms with Gasteiger partial charge in [-0.1, -0.05) is 54.8 Å². The topological polar surface area (TPSA) is 96.0 Å². The van der Waals surface area contributed by atoms with E-state index in [0.717, 1.165) is 47.4 Å². The Labute approximate surface area is 208 Å². The highest BCUT2D eigenvalue weighted by atomic mass is 32.2. The van der Waals surface area contributed by atoms with E-state index in [1.807, 2.05) is 31.2 Å². The molecule has 1 saturated carbocycles. The number of anilines is 1. The van der Waals surface area contributed by atoms with Gasteiger partial charge in [0, 0.05) is 12.6 Å². The standard InChI is InChI=1S/C26H35N3O5S/c1-19-10-9-11-21(16-19)17-28(20(2)26(31)27-22-12-5-6-13-22)25(30)18-29(35(4,32)33)23-14-7-8-15-24(23)34-3/h7-11,14-16,20,22H,5-6,12-13,17-18H2,1-4H3,(H,27,31). The maximum Gasteiger partial charge on any atom is 0.244 e. The van der Waals surface area contributed by atoms with Crippen LogP contribution in [0.4, 0.5) is 5.69 Å². The molecule has 190 valence electrons. The number of amides is 2. The molecule has 1 unspecified atom stereocenters. The van der Waals surface area contributed by atoms with Crippen LogP contribution in [0.2, 0.25) is 0 Å². The Balaban J connectivity index is 1.90. The van der Waals surface area contributed by atoms with Gasteiger partial charge in [0.25, 0.3) is 0 Å². The Hall–Kier alpha value is -3.07. The molecular formula is C26H35N3O5S. The van der Waals surface area contributed by atoms with Gasteiger partial charge in [-0.3, -0.25) is 13.9 Å². The molecule has 3 rings (SSSR count). The highest BCUT2D eigenvalue weighted by molar-refractivity contribution is 7.92. The molecule has 1 aliphatic rings. The van der Waals surface area contributed by atoms with Crippen LogP contribution in [-0.4, -0.2) is 57.1 Å². The van der Waals surface area contributed by atoms with Crippen molar-refractivity contribution in [2.45, 2.75) is 58.2 Å². The summed E-state index contributed by atoms with van der Waals surface area (Å²) in [5.74, 6) is -0.374. The zero-order valence-electron chi connectivity index (χ0n) is 20.9. The van der Waals surface area contributed by atoms with E-state index >= 15 is 0 Å². The zero-order chi connectivity index (χ0) is 25.6. The summed E-state index contributed by atoms with van der Waals surface area (Å²) in [6.07, 6.45) is 5.06. The minimum absolute atomic E-state index is 0.113. The third kappa shape index (κ3) is 6.97. The Morgan fingerprint density at radius 1 is 1.11 bits per heavy atom. The number of hydrogen-bond acceptors (Lipinski definition) is 5. The molecule has 0 bridgehead atoms. The van der Waals surface area contributed by atoms with Crippen LogP contribution in [0, 0.1) is 6.92 Å². The van der Waals surface area contributed by atoms with E-state index in [1.165, 1.54) is 12.0 Å². The first-order chi connectivity index (χ1) is 16.6. The summed E-state index contributed by atoms with van der Waals surface area (Å²) in [4.78, 5) is 28.2. The molecule has 0 heterocycles. The number of benzene rings is 2. The number of aryl methyl sites for hydroxylation is 1. The van der Waals surface area contributed by atoms with Crippen molar-refractivity contribution in [2.24, 2.45) is 0 Å². The van der Waals surface area contributed by atoms with Crippen molar-refractivity contribution < 1.29 is 22.7 Å². The number of carbonyl (C=O) groups excluding carboxylic acids is 2. The molecule has 1 N–H and O–H groups in total. The quantitative estimate of drug-likeness (QED) is 0.539. The van der Waals surface area contributed by atoms with Gasteiger partial charge < -0.3 is 15.0 Å². The number of nitrogens with one attached hydrogen (secondary N) is 1. The fourth-order valence-corrected chi connectivity index (χ4v) is 5.27. The number of rotatable bonds is 10. The molecule has 1 atom stereocenters. The number of hydrogen-bond donors (Lipinski definition) is 1. The van der Waals surface area contributed by atoms with Crippen LogP contribution in [-0.2, 0) is 26.2 Å². The first-order valence-electron chi connectivity index (χ1n) is 11.9. The third-order valence-electron chi connectivity index (χ3n) is 6.34. The normalized spacial score (nSPS) is 14.9. The molecule has 0 saturated heterocycles. The summed E-state index contributed by atoms with van der Waals surface area (Å²) in [6, 6.07) is 13.7. The van der Waals surface area contributed by atoms with Gasteiger partial charge in [0.15, 0.2) is 0 Å². The lowest BCUT2D eigenvalue weighted by Gasteiger charge is -2.32. The molecule has 8 nitrogen and oxygen atoms in total. The maximum atomic E-state index is 13.6. The Morgan fingerprint density at radius 3 is 2.43 bits per heavy atom. The van der Waals surface area contributed by atoms with Crippen molar-refractivity contribution in [1.82, 2.24) is 10.2 Å². The van der Waals surface area contributed by atoms with Gasteiger partial charge in [-0.25, -0.2) is 8.42 Å². The van der Waals surface area contributed by atoms with Gasteiger partial charge in [0.2, 0.25) is 21.8 Å². The first-order valence-corrected chi connectivity index (χ1v) is 13.7. The van der Waals surface area contributed by atoms with Gasteiger partial charge in [-0.15, -0.1) is 0 Å². The molecule has 1 fully saturated rings. The monoisotopic (exact) mass is 501 g/mol. The van der Waals surface area contributed by atoms with E-state index in [0.29, 0.717) is 5.75 Å². The predicted octanol–water partition coefficient (Wildman–Crippen LogP) is 3.25. The second kappa shape index (κ2) is 11.6. The van der Waals surface area contributed by atoms with Crippen LogP contribution in [0.25, 0.3) is 0 Å². The van der Waals surface area contributed by atoms with E-state index in [-0.39, 0.29) is 24.2 Å². The van der Waals surface area contributed by atoms with Crippen LogP contribution in [0.3, 0.4) is 0 Å². The molecule has 0 aliphatic heterocycles. The van der Waals surface area contributed by atoms with Gasteiger partial charge in [-0.2, -0.15) is 0 Å². The minimum Gasteiger partial charge on any atom is -0.495 e. The number of carbonyl (C=O) groups is 2. The van der Waals surface area contributed by atoms with E-state index < -0.39 is 28.5 Å². The summed E-state index contributed by atoms with van der Waals surface area (Å²) >= 11 is 0. The van der Waals surface area contributed by atoms with Crippen LogP contribution >= 0.6 is 0 Å². The first kappa shape index (κ1) is 26.5. The van der Waals surface area contributed by atoms with Crippen molar-refractivity contribution in [2.75, 3.05) is 24.2 Å². The Kier molecular flexibility index (Phi) is 8.77. The molecule has 2 amide bonds. The smallest absolute Gasteiger partial charge is 0.244 e. The summed E-state index contributed by atoms with van der Waals surface area (Å²) < 4.78 is 31.8. The number of nitrogens with zero attached hydrogens (tertiary/aromatic N) is 2. The second-order valence-electron chi connectivity index (χ2n) is 9.12. The van der Waals surface area contributed by atoms with Crippen molar-refractivity contribution in [3.8, 4) is 5.75 Å². The summed E-state index contributed by atoms with van der Waals surface area (Å²) in [7, 11) is -2.37. The molecule has 0 radical (unpaired) electrons. The Bertz CT molecular complexity index is 1150. The fraction of sp³-hybridized carbons (Fsp3) is 0.462. The predicted molar refractivity (Wildman–Crippen MR) is 137 cm³/mol. The third-order valence-corrected chi connectivity index (χ3v) is 7.46. The molecule has 2 aromatic rings. The van der Waals surface area contributed by atoms with Crippen molar-refractivity contribution in [1.29, 1.82) is 0 Å². The molecule has 2 aromatic carbocycles. The summed E-state index contributed by atoms with van der Waals surface area (Å²) in [5, 5.41) is 3.06. The highest BCUT2D eigenvalue weighted by Crippen LogP contribution is 2.29. The molecule has 0 spiro atoms. The summed E-state index contributed by atoms with van der Waals surface area (Å²) in [6.45, 7) is 3.38. The fourth-order valence-electron chi connectivity index (χ4n) is 4.41. The zero-order valence-corrected chi connectivity index (χ0v) is 21.7. The number of ether oxygens (including phenoxy) is 1. The molecule has 0 aromatic heterocycles. The van der Waals surface area contributed by atoms with Crippen LogP contribution in [0.15, 0.2) is 48.5 Å². The molecular weight excluding hydrogens is 466 g/mol.